The molecule has 2 atom stereocenters. The Morgan fingerprint density at radius 3 is 2.52 bits per heavy atom. The molecule has 0 bridgehead atoms. The van der Waals surface area contributed by atoms with Gasteiger partial charge in [-0.25, -0.2) is 4.98 Å². The molecule has 0 amide bonds. The number of halogens is 1. The largest absolute Gasteiger partial charge is 0.358 e. The normalized spacial score (nSPS) is 19.6. The van der Waals surface area contributed by atoms with E-state index in [4.69, 9.17) is 28.8 Å². The summed E-state index contributed by atoms with van der Waals surface area (Å²) in [6.07, 6.45) is 1.27. The molecule has 7 heteroatoms. The number of hydrogen-bond acceptors (Lipinski definition) is 4. The first-order valence-corrected chi connectivity index (χ1v) is 10.1. The lowest BCUT2D eigenvalue weighted by Crippen LogP contribution is -2.39. The molecule has 5 nitrogen and oxygen atoms in total. The summed E-state index contributed by atoms with van der Waals surface area (Å²) >= 11 is 11.3. The van der Waals surface area contributed by atoms with Crippen molar-refractivity contribution in [1.82, 2.24) is 15.3 Å². The van der Waals surface area contributed by atoms with Gasteiger partial charge in [-0.15, -0.1) is 0 Å². The lowest BCUT2D eigenvalue weighted by atomic mass is 9.92. The minimum absolute atomic E-state index is 0.502. The van der Waals surface area contributed by atoms with Crippen LogP contribution >= 0.6 is 23.8 Å². The fraction of sp³-hybridized carbons (Fsp3) is 0.450. The van der Waals surface area contributed by atoms with Crippen molar-refractivity contribution < 1.29 is 0 Å². The van der Waals surface area contributed by atoms with Crippen molar-refractivity contribution in [3.05, 3.63) is 46.6 Å². The van der Waals surface area contributed by atoms with Crippen molar-refractivity contribution in [2.24, 2.45) is 11.8 Å². The zero-order chi connectivity index (χ0) is 19.4. The highest BCUT2D eigenvalue weighted by Crippen LogP contribution is 2.26. The topological polar surface area (TPSA) is 53.1 Å². The minimum Gasteiger partial charge on any atom is -0.358 e. The second kappa shape index (κ2) is 8.85. The standard InChI is InChI=1S/C20H26ClN5S/c1-13-8-14(2)12-26(11-13)18-9-15(3)23-19(24-18)25-20(27)22-10-16-4-6-17(21)7-5-16/h4-7,9,13-14H,8,10-12H2,1-3H3,(H2,22,23,24,25,27)/t13-,14-/m0/s1. The summed E-state index contributed by atoms with van der Waals surface area (Å²) in [5.74, 6) is 2.83. The van der Waals surface area contributed by atoms with Crippen LogP contribution in [0.1, 0.15) is 31.5 Å². The Bertz CT molecular complexity index is 785. The first-order valence-electron chi connectivity index (χ1n) is 9.29. The molecule has 1 aromatic carbocycles. The third kappa shape index (κ3) is 5.78. The number of aromatic nitrogens is 2. The predicted molar refractivity (Wildman–Crippen MR) is 116 cm³/mol. The van der Waals surface area contributed by atoms with Crippen LogP contribution in [-0.4, -0.2) is 28.2 Å². The Hall–Kier alpha value is -1.92. The molecule has 1 fully saturated rings. The van der Waals surface area contributed by atoms with Crippen molar-refractivity contribution >= 4 is 40.7 Å². The maximum Gasteiger partial charge on any atom is 0.231 e. The summed E-state index contributed by atoms with van der Waals surface area (Å²) in [7, 11) is 0. The van der Waals surface area contributed by atoms with Crippen LogP contribution in [0.2, 0.25) is 5.02 Å². The summed E-state index contributed by atoms with van der Waals surface area (Å²) in [6.45, 7) is 9.25. The van der Waals surface area contributed by atoms with E-state index in [1.54, 1.807) is 0 Å². The number of anilines is 2. The summed E-state index contributed by atoms with van der Waals surface area (Å²) in [4.78, 5) is 11.5. The zero-order valence-electron chi connectivity index (χ0n) is 16.0. The molecule has 0 saturated carbocycles. The van der Waals surface area contributed by atoms with Gasteiger partial charge in [-0.3, -0.25) is 0 Å². The molecule has 1 aliphatic heterocycles. The molecule has 27 heavy (non-hydrogen) atoms. The molecule has 2 aromatic rings. The smallest absolute Gasteiger partial charge is 0.231 e. The number of rotatable bonds is 4. The predicted octanol–water partition coefficient (Wildman–Crippen LogP) is 4.41. The van der Waals surface area contributed by atoms with E-state index in [1.165, 1.54) is 6.42 Å². The van der Waals surface area contributed by atoms with Gasteiger partial charge in [-0.1, -0.05) is 37.6 Å². The second-order valence-electron chi connectivity index (χ2n) is 7.48. The molecule has 2 heterocycles. The van der Waals surface area contributed by atoms with Gasteiger partial charge in [0.05, 0.1) is 0 Å². The fourth-order valence-electron chi connectivity index (χ4n) is 3.55. The molecule has 1 aliphatic rings. The fourth-order valence-corrected chi connectivity index (χ4v) is 3.84. The molecule has 0 radical (unpaired) electrons. The summed E-state index contributed by atoms with van der Waals surface area (Å²) in [5, 5.41) is 7.52. The highest BCUT2D eigenvalue weighted by molar-refractivity contribution is 7.80. The van der Waals surface area contributed by atoms with Crippen LogP contribution in [0.15, 0.2) is 30.3 Å². The summed E-state index contributed by atoms with van der Waals surface area (Å²) in [5.41, 5.74) is 2.03. The highest BCUT2D eigenvalue weighted by Gasteiger charge is 2.23. The van der Waals surface area contributed by atoms with Crippen LogP contribution in [0, 0.1) is 18.8 Å². The van der Waals surface area contributed by atoms with E-state index in [0.717, 1.165) is 35.2 Å². The van der Waals surface area contributed by atoms with Crippen LogP contribution in [0.25, 0.3) is 0 Å². The SMILES string of the molecule is Cc1cc(N2C[C@@H](C)C[C@H](C)C2)nc(NC(=S)NCc2ccc(Cl)cc2)n1. The first kappa shape index (κ1) is 19.8. The van der Waals surface area contributed by atoms with Gasteiger partial charge in [0.15, 0.2) is 5.11 Å². The van der Waals surface area contributed by atoms with E-state index in [-0.39, 0.29) is 0 Å². The minimum atomic E-state index is 0.502. The molecule has 3 rings (SSSR count). The van der Waals surface area contributed by atoms with Crippen molar-refractivity contribution in [3.8, 4) is 0 Å². The third-order valence-electron chi connectivity index (χ3n) is 4.63. The van der Waals surface area contributed by atoms with Crippen molar-refractivity contribution in [3.63, 3.8) is 0 Å². The van der Waals surface area contributed by atoms with Crippen molar-refractivity contribution in [1.29, 1.82) is 0 Å². The molecule has 0 unspecified atom stereocenters. The molecule has 2 N–H and O–H groups in total. The van der Waals surface area contributed by atoms with Gasteiger partial charge in [0, 0.05) is 36.4 Å². The highest BCUT2D eigenvalue weighted by atomic mass is 35.5. The average molecular weight is 404 g/mol. The van der Waals surface area contributed by atoms with Crippen LogP contribution < -0.4 is 15.5 Å². The maximum atomic E-state index is 5.91. The van der Waals surface area contributed by atoms with Gasteiger partial charge in [0.2, 0.25) is 5.95 Å². The lowest BCUT2D eigenvalue weighted by Gasteiger charge is -2.36. The lowest BCUT2D eigenvalue weighted by molar-refractivity contribution is 0.355. The van der Waals surface area contributed by atoms with Gasteiger partial charge >= 0.3 is 0 Å². The molecule has 1 aromatic heterocycles. The molecule has 1 saturated heterocycles. The van der Waals surface area contributed by atoms with Gasteiger partial charge in [0.25, 0.3) is 0 Å². The molecular formula is C20H26ClN5S. The Kier molecular flexibility index (Phi) is 6.50. The van der Waals surface area contributed by atoms with E-state index >= 15 is 0 Å². The van der Waals surface area contributed by atoms with E-state index in [2.05, 4.69) is 34.4 Å². The van der Waals surface area contributed by atoms with E-state index in [9.17, 15) is 0 Å². The first-order chi connectivity index (χ1) is 12.9. The zero-order valence-corrected chi connectivity index (χ0v) is 17.6. The maximum absolute atomic E-state index is 5.91. The Labute approximate surface area is 171 Å². The molecule has 144 valence electrons. The number of hydrogen-bond donors (Lipinski definition) is 2. The van der Waals surface area contributed by atoms with Crippen molar-refractivity contribution in [2.75, 3.05) is 23.3 Å². The molecule has 0 spiro atoms. The average Bonchev–Trinajstić information content (AvgIpc) is 2.60. The number of piperidine rings is 1. The van der Waals surface area contributed by atoms with E-state index in [0.29, 0.717) is 29.4 Å². The second-order valence-corrected chi connectivity index (χ2v) is 8.32. The van der Waals surface area contributed by atoms with Crippen LogP contribution in [0.3, 0.4) is 0 Å². The number of nitrogens with one attached hydrogen (secondary N) is 2. The number of thiocarbonyl (C=S) groups is 1. The molecule has 0 aliphatic carbocycles. The van der Waals surface area contributed by atoms with Crippen molar-refractivity contribution in [2.45, 2.75) is 33.7 Å². The van der Waals surface area contributed by atoms with Crippen LogP contribution in [0.5, 0.6) is 0 Å². The van der Waals surface area contributed by atoms with E-state index < -0.39 is 0 Å². The summed E-state index contributed by atoms with van der Waals surface area (Å²) in [6, 6.07) is 9.72. The number of aryl methyl sites for hydroxylation is 1. The van der Waals surface area contributed by atoms with Gasteiger partial charge in [0.1, 0.15) is 5.82 Å². The number of nitrogens with zero attached hydrogens (tertiary/aromatic N) is 3. The Balaban J connectivity index is 1.63. The van der Waals surface area contributed by atoms with Gasteiger partial charge in [-0.2, -0.15) is 4.98 Å². The quantitative estimate of drug-likeness (QED) is 0.737. The van der Waals surface area contributed by atoms with Gasteiger partial charge in [-0.05, 0) is 55.1 Å². The number of benzene rings is 1. The monoisotopic (exact) mass is 403 g/mol. The Morgan fingerprint density at radius 2 is 1.85 bits per heavy atom. The van der Waals surface area contributed by atoms with Gasteiger partial charge < -0.3 is 15.5 Å². The van der Waals surface area contributed by atoms with Crippen LogP contribution in [0.4, 0.5) is 11.8 Å². The van der Waals surface area contributed by atoms with Crippen LogP contribution in [-0.2, 0) is 6.54 Å². The van der Waals surface area contributed by atoms with E-state index in [1.807, 2.05) is 37.3 Å². The molecular weight excluding hydrogens is 378 g/mol. The Morgan fingerprint density at radius 1 is 1.19 bits per heavy atom. The third-order valence-corrected chi connectivity index (χ3v) is 5.12. The summed E-state index contributed by atoms with van der Waals surface area (Å²) < 4.78 is 0.